The molecule has 0 fully saturated rings. The second-order valence-electron chi connectivity index (χ2n) is 4.86. The number of nitrogens with one attached hydrogen (secondary N) is 2. The number of amides is 2. The zero-order valence-electron chi connectivity index (χ0n) is 12.0. The van der Waals surface area contributed by atoms with E-state index in [9.17, 15) is 19.2 Å². The van der Waals surface area contributed by atoms with E-state index in [4.69, 9.17) is 5.11 Å². The van der Waals surface area contributed by atoms with E-state index in [0.717, 1.165) is 0 Å². The molecule has 0 aromatic carbocycles. The standard InChI is InChI=1S/C13H22N2O5/c1-4-14-11(17)6-10(8(2)3)13(20)15-9(7-16)5-12(18)19/h7-10H,4-6H2,1-3H3,(H,14,17)(H,15,20)(H,18,19). The van der Waals surface area contributed by atoms with Gasteiger partial charge in [0.25, 0.3) is 0 Å². The molecule has 7 nitrogen and oxygen atoms in total. The van der Waals surface area contributed by atoms with Crippen LogP contribution in [0.5, 0.6) is 0 Å². The maximum atomic E-state index is 12.0. The predicted molar refractivity (Wildman–Crippen MR) is 71.9 cm³/mol. The summed E-state index contributed by atoms with van der Waals surface area (Å²) in [7, 11) is 0. The third-order valence-electron chi connectivity index (χ3n) is 2.81. The van der Waals surface area contributed by atoms with Gasteiger partial charge in [-0.05, 0) is 12.8 Å². The van der Waals surface area contributed by atoms with Crippen LogP contribution in [0.15, 0.2) is 0 Å². The van der Waals surface area contributed by atoms with Gasteiger partial charge in [0, 0.05) is 18.9 Å². The van der Waals surface area contributed by atoms with E-state index in [1.807, 2.05) is 0 Å². The number of carbonyl (C=O) groups excluding carboxylic acids is 3. The van der Waals surface area contributed by atoms with Crippen LogP contribution in [0.1, 0.15) is 33.6 Å². The fraction of sp³-hybridized carbons (Fsp3) is 0.692. The van der Waals surface area contributed by atoms with Gasteiger partial charge in [-0.15, -0.1) is 0 Å². The fourth-order valence-corrected chi connectivity index (χ4v) is 1.71. The highest BCUT2D eigenvalue weighted by Gasteiger charge is 2.27. The molecular weight excluding hydrogens is 264 g/mol. The molecule has 0 bridgehead atoms. The lowest BCUT2D eigenvalue weighted by atomic mass is 9.91. The Hall–Kier alpha value is -1.92. The minimum atomic E-state index is -1.17. The molecule has 0 rings (SSSR count). The van der Waals surface area contributed by atoms with Crippen molar-refractivity contribution in [1.82, 2.24) is 10.6 Å². The van der Waals surface area contributed by atoms with E-state index in [1.165, 1.54) is 0 Å². The summed E-state index contributed by atoms with van der Waals surface area (Å²) in [5.74, 6) is -2.61. The number of carboxylic acids is 1. The Balaban J connectivity index is 4.67. The van der Waals surface area contributed by atoms with Crippen LogP contribution >= 0.6 is 0 Å². The second-order valence-corrected chi connectivity index (χ2v) is 4.86. The normalized spacial score (nSPS) is 13.4. The first-order valence-corrected chi connectivity index (χ1v) is 6.55. The maximum absolute atomic E-state index is 12.0. The first-order valence-electron chi connectivity index (χ1n) is 6.55. The Kier molecular flexibility index (Phi) is 8.19. The zero-order chi connectivity index (χ0) is 15.7. The summed E-state index contributed by atoms with van der Waals surface area (Å²) in [6.07, 6.45) is -0.0767. The van der Waals surface area contributed by atoms with Crippen molar-refractivity contribution in [2.24, 2.45) is 11.8 Å². The third-order valence-corrected chi connectivity index (χ3v) is 2.81. The molecule has 20 heavy (non-hydrogen) atoms. The highest BCUT2D eigenvalue weighted by atomic mass is 16.4. The molecule has 0 aromatic heterocycles. The van der Waals surface area contributed by atoms with Crippen molar-refractivity contribution in [3.05, 3.63) is 0 Å². The van der Waals surface area contributed by atoms with E-state index < -0.39 is 30.3 Å². The van der Waals surface area contributed by atoms with Gasteiger partial charge < -0.3 is 20.5 Å². The van der Waals surface area contributed by atoms with Gasteiger partial charge in [0.05, 0.1) is 12.5 Å². The molecule has 0 radical (unpaired) electrons. The minimum absolute atomic E-state index is 0.00991. The van der Waals surface area contributed by atoms with Crippen molar-refractivity contribution in [3.63, 3.8) is 0 Å². The molecular formula is C13H22N2O5. The molecule has 0 saturated heterocycles. The van der Waals surface area contributed by atoms with Crippen LogP contribution in [0.3, 0.4) is 0 Å². The van der Waals surface area contributed by atoms with Crippen LogP contribution in [-0.4, -0.2) is 41.8 Å². The van der Waals surface area contributed by atoms with Crippen LogP contribution in [0, 0.1) is 11.8 Å². The Morgan fingerprint density at radius 3 is 2.20 bits per heavy atom. The number of carbonyl (C=O) groups is 4. The molecule has 3 N–H and O–H groups in total. The van der Waals surface area contributed by atoms with Crippen molar-refractivity contribution in [2.75, 3.05) is 6.54 Å². The maximum Gasteiger partial charge on any atom is 0.305 e. The molecule has 0 aromatic rings. The van der Waals surface area contributed by atoms with Crippen LogP contribution in [0.25, 0.3) is 0 Å². The molecule has 0 heterocycles. The lowest BCUT2D eigenvalue weighted by Gasteiger charge is -2.21. The summed E-state index contributed by atoms with van der Waals surface area (Å²) in [6, 6.07) is -1.07. The van der Waals surface area contributed by atoms with Gasteiger partial charge in [-0.25, -0.2) is 0 Å². The number of rotatable bonds is 9. The van der Waals surface area contributed by atoms with Crippen LogP contribution in [0.4, 0.5) is 0 Å². The first-order chi connectivity index (χ1) is 9.31. The highest BCUT2D eigenvalue weighted by molar-refractivity contribution is 5.88. The second kappa shape index (κ2) is 9.06. The van der Waals surface area contributed by atoms with Crippen LogP contribution < -0.4 is 10.6 Å². The van der Waals surface area contributed by atoms with Crippen LogP contribution in [-0.2, 0) is 19.2 Å². The number of aldehydes is 1. The van der Waals surface area contributed by atoms with Gasteiger partial charge in [-0.1, -0.05) is 13.8 Å². The molecule has 0 aliphatic carbocycles. The van der Waals surface area contributed by atoms with Gasteiger partial charge in [0.15, 0.2) is 0 Å². The molecule has 7 heteroatoms. The molecule has 0 aliphatic heterocycles. The van der Waals surface area contributed by atoms with Crippen molar-refractivity contribution < 1.29 is 24.3 Å². The molecule has 0 spiro atoms. The summed E-state index contributed by atoms with van der Waals surface area (Å²) >= 11 is 0. The Morgan fingerprint density at radius 2 is 1.80 bits per heavy atom. The first kappa shape index (κ1) is 18.1. The number of aliphatic carboxylic acids is 1. The summed E-state index contributed by atoms with van der Waals surface area (Å²) in [6.45, 7) is 5.83. The lowest BCUT2D eigenvalue weighted by molar-refractivity contribution is -0.139. The van der Waals surface area contributed by atoms with Gasteiger partial charge >= 0.3 is 5.97 Å². The largest absolute Gasteiger partial charge is 0.481 e. The molecule has 0 saturated carbocycles. The molecule has 2 amide bonds. The number of carboxylic acid groups (broad SMARTS) is 1. The summed E-state index contributed by atoms with van der Waals surface area (Å²) in [5, 5.41) is 13.6. The summed E-state index contributed by atoms with van der Waals surface area (Å²) < 4.78 is 0. The summed E-state index contributed by atoms with van der Waals surface area (Å²) in [5.41, 5.74) is 0. The summed E-state index contributed by atoms with van der Waals surface area (Å²) in [4.78, 5) is 44.9. The van der Waals surface area contributed by atoms with E-state index >= 15 is 0 Å². The number of hydrogen-bond acceptors (Lipinski definition) is 4. The predicted octanol–water partition coefficient (Wildman–Crippen LogP) is -0.0568. The van der Waals surface area contributed by atoms with Gasteiger partial charge in [0.1, 0.15) is 6.29 Å². The van der Waals surface area contributed by atoms with Crippen molar-refractivity contribution in [3.8, 4) is 0 Å². The topological polar surface area (TPSA) is 113 Å². The smallest absolute Gasteiger partial charge is 0.305 e. The van der Waals surface area contributed by atoms with Crippen molar-refractivity contribution in [2.45, 2.75) is 39.7 Å². The SMILES string of the molecule is CCNC(=O)CC(C(=O)NC(C=O)CC(=O)O)C(C)C. The average Bonchev–Trinajstić information content (AvgIpc) is 2.34. The highest BCUT2D eigenvalue weighted by Crippen LogP contribution is 2.15. The molecule has 2 atom stereocenters. The monoisotopic (exact) mass is 286 g/mol. The quantitative estimate of drug-likeness (QED) is 0.514. The van der Waals surface area contributed by atoms with Gasteiger partial charge in [-0.2, -0.15) is 0 Å². The zero-order valence-corrected chi connectivity index (χ0v) is 12.0. The Morgan fingerprint density at radius 1 is 1.20 bits per heavy atom. The molecule has 2 unspecified atom stereocenters. The molecule has 114 valence electrons. The Labute approximate surface area is 118 Å². The van der Waals surface area contributed by atoms with E-state index in [1.54, 1.807) is 20.8 Å². The molecule has 0 aliphatic rings. The third kappa shape index (κ3) is 6.86. The lowest BCUT2D eigenvalue weighted by Crippen LogP contribution is -2.43. The van der Waals surface area contributed by atoms with E-state index in [2.05, 4.69) is 10.6 Å². The van der Waals surface area contributed by atoms with E-state index in [-0.39, 0.29) is 18.2 Å². The average molecular weight is 286 g/mol. The van der Waals surface area contributed by atoms with E-state index in [0.29, 0.717) is 12.8 Å². The van der Waals surface area contributed by atoms with Gasteiger partial charge in [0.2, 0.25) is 11.8 Å². The Bertz CT molecular complexity index is 368. The fourth-order valence-electron chi connectivity index (χ4n) is 1.71. The van der Waals surface area contributed by atoms with Crippen molar-refractivity contribution in [1.29, 1.82) is 0 Å². The van der Waals surface area contributed by atoms with Gasteiger partial charge in [-0.3, -0.25) is 14.4 Å². The van der Waals surface area contributed by atoms with Crippen molar-refractivity contribution >= 4 is 24.1 Å². The van der Waals surface area contributed by atoms with Crippen LogP contribution in [0.2, 0.25) is 0 Å². The minimum Gasteiger partial charge on any atom is -0.481 e. The number of hydrogen-bond donors (Lipinski definition) is 3.